The van der Waals surface area contributed by atoms with Crippen LogP contribution in [0.25, 0.3) is 20.8 Å². The van der Waals surface area contributed by atoms with E-state index in [1.165, 1.54) is 10.3 Å². The lowest BCUT2D eigenvalue weighted by molar-refractivity contribution is 0.0994. The van der Waals surface area contributed by atoms with Crippen molar-refractivity contribution in [2.24, 2.45) is 0 Å². The maximum Gasteiger partial charge on any atom is 0.168 e. The van der Waals surface area contributed by atoms with Crippen LogP contribution in [-0.2, 0) is 6.42 Å². The number of thiophene rings is 1. The number of aromatic nitrogens is 1. The average Bonchev–Trinajstić information content (AvgIpc) is 3.23. The average molecular weight is 380 g/mol. The van der Waals surface area contributed by atoms with Crippen molar-refractivity contribution < 1.29 is 4.79 Å². The molecule has 2 aromatic carbocycles. The molecule has 4 heteroatoms. The fourth-order valence-corrected chi connectivity index (χ4v) is 4.78. The van der Waals surface area contributed by atoms with Crippen LogP contribution in [0.3, 0.4) is 0 Å². The van der Waals surface area contributed by atoms with Crippen molar-refractivity contribution in [2.45, 2.75) is 27.7 Å². The Hall–Kier alpha value is -2.30. The van der Waals surface area contributed by atoms with E-state index in [4.69, 9.17) is 4.98 Å². The van der Waals surface area contributed by atoms with Crippen molar-refractivity contribution in [1.29, 1.82) is 0 Å². The molecule has 0 aliphatic heterocycles. The number of ketones is 1. The minimum absolute atomic E-state index is 0. The summed E-state index contributed by atoms with van der Waals surface area (Å²) in [4.78, 5) is 18.5. The Morgan fingerprint density at radius 3 is 2.62 bits per heavy atom. The summed E-state index contributed by atoms with van der Waals surface area (Å²) in [5, 5.41) is 3.04. The molecule has 0 amide bonds. The Morgan fingerprint density at radius 2 is 1.85 bits per heavy atom. The molecule has 0 unspecified atom stereocenters. The lowest BCUT2D eigenvalue weighted by atomic mass is 10.0. The Kier molecular flexibility index (Phi) is 5.35. The van der Waals surface area contributed by atoms with Crippen LogP contribution in [0.15, 0.2) is 53.9 Å². The first-order valence-electron chi connectivity index (χ1n) is 8.14. The molecular weight excluding hydrogens is 358 g/mol. The molecule has 0 aliphatic rings. The van der Waals surface area contributed by atoms with Crippen LogP contribution in [0.2, 0.25) is 0 Å². The summed E-state index contributed by atoms with van der Waals surface area (Å²) < 4.78 is 1.18. The Morgan fingerprint density at radius 1 is 1.04 bits per heavy atom. The number of carbonyl (C=O) groups excluding carboxylic acids is 1. The molecule has 26 heavy (non-hydrogen) atoms. The van der Waals surface area contributed by atoms with E-state index in [0.717, 1.165) is 32.1 Å². The predicted octanol–water partition coefficient (Wildman–Crippen LogP) is 6.70. The van der Waals surface area contributed by atoms with Gasteiger partial charge < -0.3 is 0 Å². The molecule has 0 aliphatic carbocycles. The van der Waals surface area contributed by atoms with E-state index in [0.29, 0.717) is 6.42 Å². The van der Waals surface area contributed by atoms with Crippen molar-refractivity contribution in [1.82, 2.24) is 4.98 Å². The Labute approximate surface area is 162 Å². The quantitative estimate of drug-likeness (QED) is 0.369. The van der Waals surface area contributed by atoms with Crippen molar-refractivity contribution in [3.05, 3.63) is 75.5 Å². The summed E-state index contributed by atoms with van der Waals surface area (Å²) in [6.45, 7) is 4.11. The number of aryl methyl sites for hydroxylation is 2. The molecule has 2 nitrogen and oxygen atoms in total. The van der Waals surface area contributed by atoms with Gasteiger partial charge in [0.15, 0.2) is 5.78 Å². The van der Waals surface area contributed by atoms with E-state index in [9.17, 15) is 4.79 Å². The van der Waals surface area contributed by atoms with E-state index in [1.54, 1.807) is 22.7 Å². The zero-order valence-corrected chi connectivity index (χ0v) is 15.7. The molecule has 0 spiro atoms. The maximum atomic E-state index is 12.7. The van der Waals surface area contributed by atoms with Crippen molar-refractivity contribution in [2.75, 3.05) is 0 Å². The van der Waals surface area contributed by atoms with Gasteiger partial charge in [-0.1, -0.05) is 31.7 Å². The second-order valence-electron chi connectivity index (χ2n) is 6.14. The highest BCUT2D eigenvalue weighted by atomic mass is 32.1. The summed E-state index contributed by atoms with van der Waals surface area (Å²) in [5.41, 5.74) is 5.25. The van der Waals surface area contributed by atoms with Gasteiger partial charge in [-0.05, 0) is 54.6 Å². The molecule has 0 N–H and O–H groups in total. The van der Waals surface area contributed by atoms with Gasteiger partial charge >= 0.3 is 0 Å². The van der Waals surface area contributed by atoms with Crippen LogP contribution in [0.1, 0.15) is 33.8 Å². The second-order valence-corrected chi connectivity index (χ2v) is 8.17. The number of nitrogens with zero attached hydrogens (tertiary/aromatic N) is 1. The molecule has 0 saturated heterocycles. The smallest absolute Gasteiger partial charge is 0.168 e. The van der Waals surface area contributed by atoms with Crippen LogP contribution in [0, 0.1) is 13.8 Å². The topological polar surface area (TPSA) is 30.0 Å². The predicted molar refractivity (Wildman–Crippen MR) is 114 cm³/mol. The van der Waals surface area contributed by atoms with Gasteiger partial charge in [-0.15, -0.1) is 22.7 Å². The number of hydrogen-bond donors (Lipinski definition) is 0. The zero-order valence-electron chi connectivity index (χ0n) is 14.1. The van der Waals surface area contributed by atoms with Gasteiger partial charge in [-0.3, -0.25) is 4.79 Å². The molecule has 0 saturated carbocycles. The zero-order chi connectivity index (χ0) is 17.4. The first-order valence-corrected chi connectivity index (χ1v) is 9.84. The third-order valence-electron chi connectivity index (χ3n) is 4.42. The molecule has 0 radical (unpaired) electrons. The Balaban J connectivity index is 0.00000196. The number of benzene rings is 2. The summed E-state index contributed by atoms with van der Waals surface area (Å²) in [6.07, 6.45) is 0.422. The lowest BCUT2D eigenvalue weighted by Gasteiger charge is -2.05. The summed E-state index contributed by atoms with van der Waals surface area (Å²) in [7, 11) is 0. The van der Waals surface area contributed by atoms with Crippen molar-refractivity contribution in [3.8, 4) is 10.6 Å². The molecular formula is C22H21NOS2. The molecule has 4 rings (SSSR count). The normalized spacial score (nSPS) is 10.7. The van der Waals surface area contributed by atoms with Gasteiger partial charge in [0.25, 0.3) is 0 Å². The largest absolute Gasteiger partial charge is 0.294 e. The Bertz CT molecular complexity index is 1040. The number of Topliss-reactive ketones (excluding diaryl/α,β-unsaturated/α-hetero) is 1. The SMILES string of the molecule is C.Cc1ccc(C(=O)Cc2sccc2-c2nc3ccccc3s2)cc1C. The second kappa shape index (κ2) is 7.52. The fraction of sp³-hybridized carbons (Fsp3) is 0.182. The van der Waals surface area contributed by atoms with Crippen LogP contribution in [-0.4, -0.2) is 10.8 Å². The first kappa shape index (κ1) is 18.5. The third kappa shape index (κ3) is 3.48. The van der Waals surface area contributed by atoms with Gasteiger partial charge in [-0.25, -0.2) is 4.98 Å². The molecule has 132 valence electrons. The van der Waals surface area contributed by atoms with Crippen LogP contribution in [0.5, 0.6) is 0 Å². The van der Waals surface area contributed by atoms with E-state index in [2.05, 4.69) is 19.1 Å². The molecule has 0 fully saturated rings. The van der Waals surface area contributed by atoms with Gasteiger partial charge in [0.1, 0.15) is 5.01 Å². The summed E-state index contributed by atoms with van der Waals surface area (Å²) in [5.74, 6) is 0.160. The van der Waals surface area contributed by atoms with Crippen LogP contribution in [0.4, 0.5) is 0 Å². The highest BCUT2D eigenvalue weighted by Crippen LogP contribution is 2.35. The highest BCUT2D eigenvalue weighted by Gasteiger charge is 2.16. The standard InChI is InChI=1S/C21H17NOS2.CH4/c1-13-7-8-15(11-14(13)2)18(23)12-20-16(9-10-24-20)21-22-17-5-3-4-6-19(17)25-21;/h3-11H,12H2,1-2H3;1H4. The van der Waals surface area contributed by atoms with Crippen molar-refractivity contribution in [3.63, 3.8) is 0 Å². The molecule has 4 aromatic rings. The highest BCUT2D eigenvalue weighted by molar-refractivity contribution is 7.22. The number of carbonyl (C=O) groups is 1. The number of hydrogen-bond acceptors (Lipinski definition) is 4. The van der Waals surface area contributed by atoms with E-state index >= 15 is 0 Å². The van der Waals surface area contributed by atoms with Crippen molar-refractivity contribution >= 4 is 38.7 Å². The van der Waals surface area contributed by atoms with Crippen LogP contribution >= 0.6 is 22.7 Å². The van der Waals surface area contributed by atoms with Gasteiger partial charge in [0.2, 0.25) is 0 Å². The maximum absolute atomic E-state index is 12.7. The summed E-state index contributed by atoms with van der Waals surface area (Å²) >= 11 is 3.31. The molecule has 0 bridgehead atoms. The van der Waals surface area contributed by atoms with E-state index in [1.807, 2.05) is 48.7 Å². The van der Waals surface area contributed by atoms with E-state index in [-0.39, 0.29) is 13.2 Å². The summed E-state index contributed by atoms with van der Waals surface area (Å²) in [6, 6.07) is 16.2. The first-order chi connectivity index (χ1) is 12.1. The van der Waals surface area contributed by atoms with Gasteiger partial charge in [0.05, 0.1) is 10.2 Å². The van der Waals surface area contributed by atoms with Gasteiger partial charge in [-0.2, -0.15) is 0 Å². The van der Waals surface area contributed by atoms with E-state index < -0.39 is 0 Å². The number of rotatable bonds is 4. The molecule has 2 aromatic heterocycles. The number of para-hydroxylation sites is 1. The monoisotopic (exact) mass is 379 g/mol. The van der Waals surface area contributed by atoms with Gasteiger partial charge in [0, 0.05) is 22.4 Å². The number of fused-ring (bicyclic) bond motifs is 1. The minimum Gasteiger partial charge on any atom is -0.294 e. The fourth-order valence-electron chi connectivity index (χ4n) is 2.82. The minimum atomic E-state index is 0. The molecule has 2 heterocycles. The number of thiazole rings is 1. The third-order valence-corrected chi connectivity index (χ3v) is 6.41. The molecule has 0 atom stereocenters. The lowest BCUT2D eigenvalue weighted by Crippen LogP contribution is -2.03. The van der Waals surface area contributed by atoms with Crippen LogP contribution < -0.4 is 0 Å².